The molecule has 4 aromatic rings. The number of amides is 1. The number of nitrogens with one attached hydrogen (secondary N) is 1. The molecule has 184 valence electrons. The van der Waals surface area contributed by atoms with Gasteiger partial charge in [-0.2, -0.15) is 9.78 Å². The minimum absolute atomic E-state index is 0.202. The number of carbonyl (C=O) groups excluding carboxylic acids is 1. The highest BCUT2D eigenvalue weighted by atomic mass is 16.5. The zero-order chi connectivity index (χ0) is 25.1. The SMILES string of the molecule is COc1ccc(NC(=O)n2nc(C(=O)O)c3cc(-c4cncc(CN5CCCCC5)c4)ccc32)cn1. The maximum atomic E-state index is 12.9. The van der Waals surface area contributed by atoms with Gasteiger partial charge in [0.05, 0.1) is 24.5 Å². The number of piperidine rings is 1. The number of benzene rings is 1. The highest BCUT2D eigenvalue weighted by molar-refractivity contribution is 6.06. The maximum absolute atomic E-state index is 12.9. The van der Waals surface area contributed by atoms with Gasteiger partial charge in [-0.1, -0.05) is 12.5 Å². The third kappa shape index (κ3) is 4.89. The summed E-state index contributed by atoms with van der Waals surface area (Å²) in [5.41, 5.74) is 3.40. The van der Waals surface area contributed by atoms with Gasteiger partial charge in [0, 0.05) is 36.0 Å². The van der Waals surface area contributed by atoms with E-state index in [-0.39, 0.29) is 5.69 Å². The number of anilines is 1. The number of fused-ring (bicyclic) bond motifs is 1. The van der Waals surface area contributed by atoms with Crippen LogP contribution < -0.4 is 10.1 Å². The second-order valence-corrected chi connectivity index (χ2v) is 8.74. The average molecular weight is 487 g/mol. The van der Waals surface area contributed by atoms with E-state index in [1.807, 2.05) is 12.3 Å². The largest absolute Gasteiger partial charge is 0.481 e. The molecule has 1 aliphatic heterocycles. The first-order chi connectivity index (χ1) is 17.5. The van der Waals surface area contributed by atoms with E-state index in [9.17, 15) is 14.7 Å². The molecule has 36 heavy (non-hydrogen) atoms. The Bertz CT molecular complexity index is 1410. The second-order valence-electron chi connectivity index (χ2n) is 8.74. The van der Waals surface area contributed by atoms with Crippen LogP contribution in [-0.4, -0.2) is 62.0 Å². The Morgan fingerprint density at radius 3 is 2.58 bits per heavy atom. The third-order valence-corrected chi connectivity index (χ3v) is 6.25. The van der Waals surface area contributed by atoms with Crippen molar-refractivity contribution in [3.05, 3.63) is 66.2 Å². The van der Waals surface area contributed by atoms with Gasteiger partial charge in [0.1, 0.15) is 0 Å². The lowest BCUT2D eigenvalue weighted by atomic mass is 10.0. The van der Waals surface area contributed by atoms with Crippen LogP contribution in [0.3, 0.4) is 0 Å². The van der Waals surface area contributed by atoms with Gasteiger partial charge < -0.3 is 15.2 Å². The Hall–Kier alpha value is -4.31. The van der Waals surface area contributed by atoms with Gasteiger partial charge in [-0.3, -0.25) is 9.88 Å². The predicted octanol–water partition coefficient (Wildman–Crippen LogP) is 4.27. The summed E-state index contributed by atoms with van der Waals surface area (Å²) < 4.78 is 6.08. The summed E-state index contributed by atoms with van der Waals surface area (Å²) >= 11 is 0. The summed E-state index contributed by atoms with van der Waals surface area (Å²) in [5, 5.41) is 16.9. The Labute approximate surface area is 207 Å². The van der Waals surface area contributed by atoms with Crippen LogP contribution in [0, 0.1) is 0 Å². The molecule has 1 fully saturated rings. The number of aromatic nitrogens is 4. The fourth-order valence-electron chi connectivity index (χ4n) is 4.47. The fourth-order valence-corrected chi connectivity index (χ4v) is 4.47. The van der Waals surface area contributed by atoms with Crippen molar-refractivity contribution in [3.8, 4) is 17.0 Å². The number of pyridine rings is 2. The van der Waals surface area contributed by atoms with Gasteiger partial charge in [-0.05, 0) is 61.3 Å². The molecule has 5 rings (SSSR count). The lowest BCUT2D eigenvalue weighted by Gasteiger charge is -2.26. The van der Waals surface area contributed by atoms with Crippen LogP contribution in [0.2, 0.25) is 0 Å². The number of hydrogen-bond donors (Lipinski definition) is 2. The van der Waals surface area contributed by atoms with E-state index in [0.717, 1.165) is 41.0 Å². The lowest BCUT2D eigenvalue weighted by Crippen LogP contribution is -2.29. The summed E-state index contributed by atoms with van der Waals surface area (Å²) in [6.07, 6.45) is 8.79. The summed E-state index contributed by atoms with van der Waals surface area (Å²) in [5.74, 6) is -0.806. The van der Waals surface area contributed by atoms with Crippen LogP contribution in [0.4, 0.5) is 10.5 Å². The van der Waals surface area contributed by atoms with Crippen LogP contribution >= 0.6 is 0 Å². The highest BCUT2D eigenvalue weighted by Crippen LogP contribution is 2.28. The maximum Gasteiger partial charge on any atom is 0.357 e. The van der Waals surface area contributed by atoms with Crippen molar-refractivity contribution < 1.29 is 19.4 Å². The lowest BCUT2D eigenvalue weighted by molar-refractivity contribution is 0.0692. The van der Waals surface area contributed by atoms with E-state index in [2.05, 4.69) is 31.3 Å². The first-order valence-corrected chi connectivity index (χ1v) is 11.8. The van der Waals surface area contributed by atoms with Crippen molar-refractivity contribution in [3.63, 3.8) is 0 Å². The van der Waals surface area contributed by atoms with E-state index < -0.39 is 12.0 Å². The van der Waals surface area contributed by atoms with Crippen LogP contribution in [-0.2, 0) is 6.54 Å². The number of rotatable bonds is 6. The molecule has 0 unspecified atom stereocenters. The molecule has 0 bridgehead atoms. The molecule has 1 amide bonds. The zero-order valence-electron chi connectivity index (χ0n) is 19.8. The van der Waals surface area contributed by atoms with E-state index in [0.29, 0.717) is 22.5 Å². The molecular formula is C26H26N6O4. The van der Waals surface area contributed by atoms with Crippen molar-refractivity contribution in [2.75, 3.05) is 25.5 Å². The first-order valence-electron chi connectivity index (χ1n) is 11.8. The van der Waals surface area contributed by atoms with Gasteiger partial charge in [-0.15, -0.1) is 0 Å². The molecule has 2 N–H and O–H groups in total. The number of ether oxygens (including phenoxy) is 1. The molecule has 0 atom stereocenters. The monoisotopic (exact) mass is 486 g/mol. The van der Waals surface area contributed by atoms with Crippen LogP contribution in [0.1, 0.15) is 35.3 Å². The topological polar surface area (TPSA) is 122 Å². The number of aromatic carboxylic acids is 1. The van der Waals surface area contributed by atoms with Crippen molar-refractivity contribution in [1.29, 1.82) is 0 Å². The molecule has 1 saturated heterocycles. The van der Waals surface area contributed by atoms with E-state index in [1.165, 1.54) is 32.6 Å². The fraction of sp³-hybridized carbons (Fsp3) is 0.269. The van der Waals surface area contributed by atoms with Crippen molar-refractivity contribution in [2.45, 2.75) is 25.8 Å². The highest BCUT2D eigenvalue weighted by Gasteiger charge is 2.21. The number of hydrogen-bond acceptors (Lipinski definition) is 7. The number of carboxylic acid groups (broad SMARTS) is 1. The first kappa shape index (κ1) is 23.4. The molecule has 4 heterocycles. The van der Waals surface area contributed by atoms with Gasteiger partial charge >= 0.3 is 12.0 Å². The minimum Gasteiger partial charge on any atom is -0.481 e. The van der Waals surface area contributed by atoms with Crippen molar-refractivity contribution >= 4 is 28.6 Å². The standard InChI is InChI=1S/C26H26N6O4/c1-36-23-8-6-20(15-28-23)29-26(35)32-22-7-5-18(12-21(22)24(30-32)25(33)34)19-11-17(13-27-14-19)16-31-9-3-2-4-10-31/h5-8,11-15H,2-4,9-10,16H2,1H3,(H,29,35)(H,33,34). The van der Waals surface area contributed by atoms with Gasteiger partial charge in [0.2, 0.25) is 5.88 Å². The van der Waals surface area contributed by atoms with Gasteiger partial charge in [0.15, 0.2) is 5.69 Å². The average Bonchev–Trinajstić information content (AvgIpc) is 3.29. The Balaban J connectivity index is 1.44. The number of likely N-dealkylation sites (tertiary alicyclic amines) is 1. The number of nitrogens with zero attached hydrogens (tertiary/aromatic N) is 5. The Morgan fingerprint density at radius 2 is 1.86 bits per heavy atom. The number of carboxylic acids is 1. The van der Waals surface area contributed by atoms with Crippen molar-refractivity contribution in [1.82, 2.24) is 24.6 Å². The smallest absolute Gasteiger partial charge is 0.357 e. The number of carbonyl (C=O) groups is 2. The summed E-state index contributed by atoms with van der Waals surface area (Å²) in [7, 11) is 1.50. The molecule has 10 heteroatoms. The molecule has 0 spiro atoms. The summed E-state index contributed by atoms with van der Waals surface area (Å²) in [6, 6.07) is 10.0. The minimum atomic E-state index is -1.22. The van der Waals surface area contributed by atoms with Crippen LogP contribution in [0.25, 0.3) is 22.0 Å². The Morgan fingerprint density at radius 1 is 1.03 bits per heavy atom. The molecule has 0 aliphatic carbocycles. The van der Waals surface area contributed by atoms with E-state index in [1.54, 1.807) is 30.5 Å². The second kappa shape index (κ2) is 10.1. The molecular weight excluding hydrogens is 460 g/mol. The van der Waals surface area contributed by atoms with Gasteiger partial charge in [0.25, 0.3) is 0 Å². The molecule has 10 nitrogen and oxygen atoms in total. The third-order valence-electron chi connectivity index (χ3n) is 6.25. The summed E-state index contributed by atoms with van der Waals surface area (Å²) in [6.45, 7) is 3.01. The van der Waals surface area contributed by atoms with Gasteiger partial charge in [-0.25, -0.2) is 14.6 Å². The zero-order valence-corrected chi connectivity index (χ0v) is 19.8. The molecule has 1 aromatic carbocycles. The van der Waals surface area contributed by atoms with Crippen LogP contribution in [0.15, 0.2) is 55.0 Å². The quantitative estimate of drug-likeness (QED) is 0.414. The van der Waals surface area contributed by atoms with Crippen molar-refractivity contribution in [2.24, 2.45) is 0 Å². The van der Waals surface area contributed by atoms with Crippen LogP contribution in [0.5, 0.6) is 5.88 Å². The molecule has 1 aliphatic rings. The Kier molecular flexibility index (Phi) is 6.59. The normalized spacial score (nSPS) is 14.0. The predicted molar refractivity (Wildman–Crippen MR) is 134 cm³/mol. The molecule has 3 aromatic heterocycles. The number of methoxy groups -OCH3 is 1. The summed E-state index contributed by atoms with van der Waals surface area (Å²) in [4.78, 5) is 35.8. The van der Waals surface area contributed by atoms with E-state index in [4.69, 9.17) is 4.74 Å². The molecule has 0 saturated carbocycles. The molecule has 0 radical (unpaired) electrons. The van der Waals surface area contributed by atoms with E-state index >= 15 is 0 Å².